The van der Waals surface area contributed by atoms with Gasteiger partial charge in [-0.2, -0.15) is 0 Å². The second kappa shape index (κ2) is 4.20. The average molecular weight is 276 g/mol. The number of aromatic nitrogens is 1. The van der Waals surface area contributed by atoms with E-state index in [0.29, 0.717) is 11.6 Å². The van der Waals surface area contributed by atoms with E-state index in [1.54, 1.807) is 12.3 Å². The zero-order chi connectivity index (χ0) is 14.5. The van der Waals surface area contributed by atoms with E-state index in [0.717, 1.165) is 5.46 Å². The lowest BCUT2D eigenvalue weighted by atomic mass is 9.80. The number of ether oxygens (including phenoxy) is 1. The van der Waals surface area contributed by atoms with Crippen molar-refractivity contribution in [2.45, 2.75) is 38.9 Å². The first-order chi connectivity index (χ1) is 9.28. The molecule has 0 unspecified atom stereocenters. The molecular formula is C13H17BN2O4. The third-order valence-corrected chi connectivity index (χ3v) is 4.01. The summed E-state index contributed by atoms with van der Waals surface area (Å²) in [5.41, 5.74) is 0.488. The minimum Gasteiger partial charge on any atom is -0.466 e. The Bertz CT molecular complexity index is 557. The molecule has 0 atom stereocenters. The van der Waals surface area contributed by atoms with Crippen molar-refractivity contribution in [3.63, 3.8) is 0 Å². The summed E-state index contributed by atoms with van der Waals surface area (Å²) < 4.78 is 17.1. The summed E-state index contributed by atoms with van der Waals surface area (Å²) in [4.78, 5) is 15.5. The third-order valence-electron chi connectivity index (χ3n) is 4.01. The van der Waals surface area contributed by atoms with Crippen LogP contribution in [0.1, 0.15) is 27.7 Å². The molecular weight excluding hydrogens is 259 g/mol. The van der Waals surface area contributed by atoms with Crippen LogP contribution in [0.15, 0.2) is 12.3 Å². The van der Waals surface area contributed by atoms with Gasteiger partial charge >= 0.3 is 7.12 Å². The van der Waals surface area contributed by atoms with Gasteiger partial charge < -0.3 is 19.4 Å². The lowest BCUT2D eigenvalue weighted by Gasteiger charge is -2.32. The largest absolute Gasteiger partial charge is 0.496 e. The van der Waals surface area contributed by atoms with E-state index in [9.17, 15) is 4.79 Å². The fourth-order valence-corrected chi connectivity index (χ4v) is 2.10. The van der Waals surface area contributed by atoms with Gasteiger partial charge in [0.25, 0.3) is 5.91 Å². The average Bonchev–Trinajstić information content (AvgIpc) is 2.57. The first-order valence-electron chi connectivity index (χ1n) is 6.57. The highest BCUT2D eigenvalue weighted by atomic mass is 16.7. The van der Waals surface area contributed by atoms with Gasteiger partial charge in [-0.15, -0.1) is 0 Å². The molecule has 6 nitrogen and oxygen atoms in total. The van der Waals surface area contributed by atoms with Crippen molar-refractivity contribution in [2.24, 2.45) is 0 Å². The van der Waals surface area contributed by atoms with Crippen LogP contribution in [-0.4, -0.2) is 35.8 Å². The number of amides is 1. The predicted octanol–water partition coefficient (Wildman–Crippen LogP) is 0.712. The van der Waals surface area contributed by atoms with Crippen molar-refractivity contribution >= 4 is 24.2 Å². The number of pyridine rings is 1. The SMILES string of the molecule is CC1(C)OB(c2cnc3c(c2)NC(=O)CO3)OC1(C)C. The van der Waals surface area contributed by atoms with E-state index >= 15 is 0 Å². The smallest absolute Gasteiger partial charge is 0.466 e. The minimum absolute atomic E-state index is 0.00413. The zero-order valence-corrected chi connectivity index (χ0v) is 12.0. The number of hydrogen-bond donors (Lipinski definition) is 1. The first kappa shape index (κ1) is 13.4. The summed E-state index contributed by atoms with van der Waals surface area (Å²) >= 11 is 0. The van der Waals surface area contributed by atoms with Crippen molar-refractivity contribution in [2.75, 3.05) is 11.9 Å². The van der Waals surface area contributed by atoms with Crippen molar-refractivity contribution in [1.82, 2.24) is 4.98 Å². The molecule has 1 aromatic heterocycles. The summed E-state index contributed by atoms with van der Waals surface area (Å²) in [5.74, 6) is 0.232. The van der Waals surface area contributed by atoms with Crippen LogP contribution in [0.5, 0.6) is 5.88 Å². The Morgan fingerprint density at radius 1 is 1.25 bits per heavy atom. The Morgan fingerprint density at radius 3 is 2.55 bits per heavy atom. The molecule has 0 aliphatic carbocycles. The van der Waals surface area contributed by atoms with Crippen molar-refractivity contribution in [3.05, 3.63) is 12.3 Å². The predicted molar refractivity (Wildman–Crippen MR) is 74.1 cm³/mol. The van der Waals surface area contributed by atoms with E-state index in [1.807, 2.05) is 27.7 Å². The van der Waals surface area contributed by atoms with Crippen LogP contribution in [0.4, 0.5) is 5.69 Å². The highest BCUT2D eigenvalue weighted by Gasteiger charge is 2.52. The van der Waals surface area contributed by atoms with E-state index in [4.69, 9.17) is 14.0 Å². The monoisotopic (exact) mass is 276 g/mol. The summed E-state index contributed by atoms with van der Waals surface area (Å²) in [6.45, 7) is 7.96. The molecule has 0 spiro atoms. The van der Waals surface area contributed by atoms with Gasteiger partial charge in [0.05, 0.1) is 11.2 Å². The Kier molecular flexibility index (Phi) is 2.81. The van der Waals surface area contributed by atoms with Crippen molar-refractivity contribution < 1.29 is 18.8 Å². The molecule has 106 valence electrons. The Labute approximate surface area is 118 Å². The second-order valence-electron chi connectivity index (χ2n) is 6.05. The lowest BCUT2D eigenvalue weighted by molar-refractivity contribution is -0.118. The maximum absolute atomic E-state index is 11.3. The molecule has 1 aromatic rings. The Morgan fingerprint density at radius 2 is 1.90 bits per heavy atom. The lowest BCUT2D eigenvalue weighted by Crippen LogP contribution is -2.41. The molecule has 1 N–H and O–H groups in total. The van der Waals surface area contributed by atoms with Crippen LogP contribution in [-0.2, 0) is 14.1 Å². The first-order valence-corrected chi connectivity index (χ1v) is 6.57. The highest BCUT2D eigenvalue weighted by Crippen LogP contribution is 2.36. The zero-order valence-electron chi connectivity index (χ0n) is 12.0. The van der Waals surface area contributed by atoms with Crippen LogP contribution in [0.25, 0.3) is 0 Å². The van der Waals surface area contributed by atoms with Gasteiger partial charge in [-0.3, -0.25) is 4.79 Å². The summed E-state index contributed by atoms with van der Waals surface area (Å²) in [6.07, 6.45) is 1.65. The number of anilines is 1. The number of carbonyl (C=O) groups excluding carboxylic acids is 1. The summed E-state index contributed by atoms with van der Waals surface area (Å²) in [7, 11) is -0.503. The number of rotatable bonds is 1. The number of fused-ring (bicyclic) bond motifs is 1. The van der Waals surface area contributed by atoms with Gasteiger partial charge in [0.1, 0.15) is 5.69 Å². The molecule has 20 heavy (non-hydrogen) atoms. The molecule has 2 aliphatic heterocycles. The topological polar surface area (TPSA) is 69.7 Å². The van der Waals surface area contributed by atoms with E-state index in [2.05, 4.69) is 10.3 Å². The highest BCUT2D eigenvalue weighted by molar-refractivity contribution is 6.62. The van der Waals surface area contributed by atoms with Crippen LogP contribution in [0.3, 0.4) is 0 Å². The third kappa shape index (κ3) is 2.07. The van der Waals surface area contributed by atoms with Gasteiger partial charge in [0, 0.05) is 11.7 Å². The molecule has 1 amide bonds. The maximum atomic E-state index is 11.3. The second-order valence-corrected chi connectivity index (χ2v) is 6.05. The standard InChI is InChI=1S/C13H17BN2O4/c1-12(2)13(3,4)20-14(19-12)8-5-9-11(15-6-8)18-7-10(17)16-9/h5-6H,7H2,1-4H3,(H,16,17). The molecule has 0 bridgehead atoms. The van der Waals surface area contributed by atoms with Gasteiger partial charge in [-0.1, -0.05) is 0 Å². The molecule has 2 aliphatic rings. The molecule has 0 radical (unpaired) electrons. The Balaban J connectivity index is 1.89. The number of nitrogens with one attached hydrogen (secondary N) is 1. The van der Waals surface area contributed by atoms with E-state index in [1.165, 1.54) is 0 Å². The quantitative estimate of drug-likeness (QED) is 0.765. The van der Waals surface area contributed by atoms with E-state index < -0.39 is 18.3 Å². The normalized spacial score (nSPS) is 23.0. The van der Waals surface area contributed by atoms with Crippen molar-refractivity contribution in [3.8, 4) is 5.88 Å². The summed E-state index contributed by atoms with van der Waals surface area (Å²) in [6, 6.07) is 1.78. The molecule has 3 heterocycles. The minimum atomic E-state index is -0.503. The van der Waals surface area contributed by atoms with Crippen LogP contribution < -0.4 is 15.5 Å². The molecule has 1 saturated heterocycles. The summed E-state index contributed by atoms with van der Waals surface area (Å²) in [5, 5.41) is 2.73. The fraction of sp³-hybridized carbons (Fsp3) is 0.538. The maximum Gasteiger partial charge on any atom is 0.496 e. The number of carbonyl (C=O) groups is 1. The fourth-order valence-electron chi connectivity index (χ4n) is 2.10. The molecule has 3 rings (SSSR count). The van der Waals surface area contributed by atoms with Crippen molar-refractivity contribution in [1.29, 1.82) is 0 Å². The van der Waals surface area contributed by atoms with Gasteiger partial charge in [-0.05, 0) is 33.8 Å². The molecule has 0 aromatic carbocycles. The molecule has 0 saturated carbocycles. The van der Waals surface area contributed by atoms with Crippen LogP contribution >= 0.6 is 0 Å². The van der Waals surface area contributed by atoms with Gasteiger partial charge in [0.2, 0.25) is 5.88 Å². The van der Waals surface area contributed by atoms with Crippen LogP contribution in [0, 0.1) is 0 Å². The van der Waals surface area contributed by atoms with E-state index in [-0.39, 0.29) is 12.5 Å². The molecule has 7 heteroatoms. The number of hydrogen-bond acceptors (Lipinski definition) is 5. The van der Waals surface area contributed by atoms with Crippen LogP contribution in [0.2, 0.25) is 0 Å². The van der Waals surface area contributed by atoms with Gasteiger partial charge in [0.15, 0.2) is 6.61 Å². The molecule has 1 fully saturated rings. The van der Waals surface area contributed by atoms with Gasteiger partial charge in [-0.25, -0.2) is 4.98 Å². The Hall–Kier alpha value is -1.60. The number of nitrogens with zero attached hydrogens (tertiary/aromatic N) is 1.